The van der Waals surface area contributed by atoms with Gasteiger partial charge in [-0.05, 0) is 49.3 Å². The summed E-state index contributed by atoms with van der Waals surface area (Å²) in [5.41, 5.74) is 3.31. The molecule has 0 bridgehead atoms. The first-order chi connectivity index (χ1) is 8.13. The highest BCUT2D eigenvalue weighted by molar-refractivity contribution is 5.95. The number of hydrogen-bond acceptors (Lipinski definition) is 1. The largest absolute Gasteiger partial charge is 0.254 e. The van der Waals surface area contributed by atoms with Crippen molar-refractivity contribution < 1.29 is 4.39 Å². The first-order valence-corrected chi connectivity index (χ1v) is 5.38. The molecule has 1 aromatic carbocycles. The summed E-state index contributed by atoms with van der Waals surface area (Å²) in [5.74, 6) is 0. The Kier molecular flexibility index (Phi) is 5.08. The van der Waals surface area contributed by atoms with E-state index in [0.717, 1.165) is 17.0 Å². The molecule has 0 aliphatic rings. The summed E-state index contributed by atoms with van der Waals surface area (Å²) >= 11 is 0. The van der Waals surface area contributed by atoms with E-state index < -0.39 is 0 Å². The Hall–Kier alpha value is -1.96. The molecule has 0 aliphatic heterocycles. The van der Waals surface area contributed by atoms with Crippen LogP contribution in [-0.2, 0) is 0 Å². The maximum absolute atomic E-state index is 12.0. The molecule has 88 valence electrons. The number of allylic oxidation sites excluding steroid dienone is 4. The van der Waals surface area contributed by atoms with Crippen molar-refractivity contribution >= 4 is 11.4 Å². The third-order valence-corrected chi connectivity index (χ3v) is 2.26. The SMILES string of the molecule is C=C(/C=C/F)/C(C)=C\C(C)=N\c1ccccc1. The first kappa shape index (κ1) is 13.1. The number of aliphatic imine (C=N–C) groups is 1. The minimum atomic E-state index is 0.489. The summed E-state index contributed by atoms with van der Waals surface area (Å²) in [6, 6.07) is 9.69. The third kappa shape index (κ3) is 4.60. The summed E-state index contributed by atoms with van der Waals surface area (Å²) in [6.45, 7) is 7.54. The van der Waals surface area contributed by atoms with Crippen LogP contribution in [0.2, 0.25) is 0 Å². The van der Waals surface area contributed by atoms with E-state index >= 15 is 0 Å². The Morgan fingerprint density at radius 1 is 1.24 bits per heavy atom. The van der Waals surface area contributed by atoms with Crippen LogP contribution >= 0.6 is 0 Å². The normalized spacial score (nSPS) is 13.1. The van der Waals surface area contributed by atoms with Gasteiger partial charge >= 0.3 is 0 Å². The number of hydrogen-bond donors (Lipinski definition) is 0. The zero-order valence-corrected chi connectivity index (χ0v) is 10.2. The molecule has 1 nitrogen and oxygen atoms in total. The molecule has 0 saturated heterocycles. The maximum atomic E-state index is 12.0. The zero-order valence-electron chi connectivity index (χ0n) is 10.2. The predicted molar refractivity (Wildman–Crippen MR) is 72.4 cm³/mol. The van der Waals surface area contributed by atoms with Gasteiger partial charge in [0.2, 0.25) is 0 Å². The lowest BCUT2D eigenvalue weighted by molar-refractivity contribution is 0.720. The molecule has 0 aromatic heterocycles. The predicted octanol–water partition coefficient (Wildman–Crippen LogP) is 4.76. The highest BCUT2D eigenvalue weighted by atomic mass is 19.1. The molecule has 0 radical (unpaired) electrons. The topological polar surface area (TPSA) is 12.4 Å². The van der Waals surface area contributed by atoms with E-state index in [2.05, 4.69) is 11.6 Å². The first-order valence-electron chi connectivity index (χ1n) is 5.38. The summed E-state index contributed by atoms with van der Waals surface area (Å²) in [6.07, 6.45) is 3.71. The Balaban J connectivity index is 2.84. The molecule has 0 unspecified atom stereocenters. The minimum Gasteiger partial charge on any atom is -0.254 e. The van der Waals surface area contributed by atoms with Crippen LogP contribution in [0.5, 0.6) is 0 Å². The van der Waals surface area contributed by atoms with Crippen molar-refractivity contribution in [3.8, 4) is 0 Å². The Bertz CT molecular complexity index is 467. The van der Waals surface area contributed by atoms with Gasteiger partial charge in [-0.1, -0.05) is 24.8 Å². The summed E-state index contributed by atoms with van der Waals surface area (Å²) in [5, 5.41) is 0. The van der Waals surface area contributed by atoms with Gasteiger partial charge in [0.05, 0.1) is 12.0 Å². The van der Waals surface area contributed by atoms with Gasteiger partial charge in [0.1, 0.15) is 0 Å². The van der Waals surface area contributed by atoms with Gasteiger partial charge in [-0.15, -0.1) is 0 Å². The molecule has 0 heterocycles. The van der Waals surface area contributed by atoms with Gasteiger partial charge < -0.3 is 0 Å². The van der Waals surface area contributed by atoms with Gasteiger partial charge in [0.25, 0.3) is 0 Å². The molecule has 0 saturated carbocycles. The van der Waals surface area contributed by atoms with Crippen molar-refractivity contribution in [1.29, 1.82) is 0 Å². The minimum absolute atomic E-state index is 0.489. The fourth-order valence-electron chi connectivity index (χ4n) is 1.35. The Morgan fingerprint density at radius 3 is 2.47 bits per heavy atom. The van der Waals surface area contributed by atoms with Gasteiger partial charge in [-0.2, -0.15) is 0 Å². The second kappa shape index (κ2) is 6.59. The van der Waals surface area contributed by atoms with E-state index in [1.54, 1.807) is 0 Å². The van der Waals surface area contributed by atoms with E-state index in [0.29, 0.717) is 11.9 Å². The van der Waals surface area contributed by atoms with Crippen molar-refractivity contribution in [3.05, 3.63) is 66.5 Å². The molecular formula is C15H16FN. The molecule has 2 heteroatoms. The molecule has 0 atom stereocenters. The van der Waals surface area contributed by atoms with Crippen LogP contribution in [0.1, 0.15) is 13.8 Å². The third-order valence-electron chi connectivity index (χ3n) is 2.26. The average Bonchev–Trinajstić information content (AvgIpc) is 2.30. The Morgan fingerprint density at radius 2 is 1.88 bits per heavy atom. The van der Waals surface area contributed by atoms with Gasteiger partial charge in [-0.3, -0.25) is 4.99 Å². The van der Waals surface area contributed by atoms with Crippen LogP contribution in [0.4, 0.5) is 10.1 Å². The lowest BCUT2D eigenvalue weighted by atomic mass is 10.1. The molecule has 17 heavy (non-hydrogen) atoms. The van der Waals surface area contributed by atoms with Crippen LogP contribution in [0, 0.1) is 0 Å². The molecule has 1 rings (SSSR count). The van der Waals surface area contributed by atoms with Gasteiger partial charge in [0, 0.05) is 5.71 Å². The lowest BCUT2D eigenvalue weighted by Gasteiger charge is -2.00. The number of nitrogens with zero attached hydrogens (tertiary/aromatic N) is 1. The summed E-state index contributed by atoms with van der Waals surface area (Å²) < 4.78 is 12.0. The molecule has 0 N–H and O–H groups in total. The maximum Gasteiger partial charge on any atom is 0.0872 e. The van der Waals surface area contributed by atoms with Gasteiger partial charge in [0.15, 0.2) is 0 Å². The molecule has 0 spiro atoms. The summed E-state index contributed by atoms with van der Waals surface area (Å²) in [7, 11) is 0. The zero-order chi connectivity index (χ0) is 12.7. The van der Waals surface area contributed by atoms with Crippen LogP contribution < -0.4 is 0 Å². The molecule has 0 aliphatic carbocycles. The van der Waals surface area contributed by atoms with Crippen LogP contribution in [0.3, 0.4) is 0 Å². The quantitative estimate of drug-likeness (QED) is 0.521. The van der Waals surface area contributed by atoms with E-state index in [9.17, 15) is 4.39 Å². The second-order valence-corrected chi connectivity index (χ2v) is 3.73. The fourth-order valence-corrected chi connectivity index (χ4v) is 1.35. The van der Waals surface area contributed by atoms with Gasteiger partial charge in [-0.25, -0.2) is 4.39 Å². The molecular weight excluding hydrogens is 213 g/mol. The van der Waals surface area contributed by atoms with Crippen molar-refractivity contribution in [1.82, 2.24) is 0 Å². The number of rotatable bonds is 4. The number of benzene rings is 1. The van der Waals surface area contributed by atoms with E-state index in [1.165, 1.54) is 6.08 Å². The smallest absolute Gasteiger partial charge is 0.0872 e. The lowest BCUT2D eigenvalue weighted by Crippen LogP contribution is -1.88. The van der Waals surface area contributed by atoms with Crippen LogP contribution in [0.15, 0.2) is 71.5 Å². The highest BCUT2D eigenvalue weighted by Gasteiger charge is 1.94. The molecule has 0 amide bonds. The Labute approximate surface area is 102 Å². The number of halogens is 1. The molecule has 0 fully saturated rings. The monoisotopic (exact) mass is 229 g/mol. The summed E-state index contributed by atoms with van der Waals surface area (Å²) in [4.78, 5) is 4.42. The van der Waals surface area contributed by atoms with E-state index in [1.807, 2.05) is 50.3 Å². The average molecular weight is 229 g/mol. The van der Waals surface area contributed by atoms with Crippen molar-refractivity contribution in [2.75, 3.05) is 0 Å². The molecule has 1 aromatic rings. The van der Waals surface area contributed by atoms with Crippen molar-refractivity contribution in [2.45, 2.75) is 13.8 Å². The standard InChI is InChI=1S/C15H16FN/c1-12(9-10-16)13(2)11-14(3)17-15-7-5-4-6-8-15/h4-11H,1H2,2-3H3/b10-9+,13-11-,17-14+. The fraction of sp³-hybridized carbons (Fsp3) is 0.133. The van der Waals surface area contributed by atoms with E-state index in [4.69, 9.17) is 0 Å². The number of para-hydroxylation sites is 1. The van der Waals surface area contributed by atoms with Crippen LogP contribution in [0.25, 0.3) is 0 Å². The van der Waals surface area contributed by atoms with Crippen LogP contribution in [-0.4, -0.2) is 5.71 Å². The van der Waals surface area contributed by atoms with Crippen molar-refractivity contribution in [3.63, 3.8) is 0 Å². The van der Waals surface area contributed by atoms with E-state index in [-0.39, 0.29) is 0 Å². The van der Waals surface area contributed by atoms with Crippen molar-refractivity contribution in [2.24, 2.45) is 4.99 Å². The second-order valence-electron chi connectivity index (χ2n) is 3.73. The highest BCUT2D eigenvalue weighted by Crippen LogP contribution is 2.13.